The summed E-state index contributed by atoms with van der Waals surface area (Å²) in [7, 11) is -0.481. The number of rotatable bonds is 6. The molecule has 1 aliphatic rings. The second kappa shape index (κ2) is 9.45. The van der Waals surface area contributed by atoms with Crippen LogP contribution in [0.3, 0.4) is 0 Å². The smallest absolute Gasteiger partial charge is 0.408 e. The predicted molar refractivity (Wildman–Crippen MR) is 110 cm³/mol. The molecule has 0 spiro atoms. The lowest BCUT2D eigenvalue weighted by atomic mass is 9.99. The second-order valence-electron chi connectivity index (χ2n) is 9.61. The van der Waals surface area contributed by atoms with E-state index >= 15 is 0 Å². The van der Waals surface area contributed by atoms with E-state index in [2.05, 4.69) is 49.2 Å². The fraction of sp³-hybridized carbons (Fsp3) is 0.944. The topological polar surface area (TPSA) is 115 Å². The van der Waals surface area contributed by atoms with Crippen LogP contribution >= 0.6 is 0 Å². The maximum Gasteiger partial charge on any atom is 0.408 e. The van der Waals surface area contributed by atoms with Gasteiger partial charge in [0, 0.05) is 12.0 Å². The number of azide groups is 1. The third kappa shape index (κ3) is 7.25. The van der Waals surface area contributed by atoms with Gasteiger partial charge in [-0.3, -0.25) is 0 Å². The minimum atomic E-state index is -1.99. The zero-order valence-corrected chi connectivity index (χ0v) is 19.6. The van der Waals surface area contributed by atoms with Gasteiger partial charge >= 0.3 is 6.09 Å². The van der Waals surface area contributed by atoms with Crippen molar-refractivity contribution >= 4 is 14.4 Å². The Balaban J connectivity index is 2.86. The highest BCUT2D eigenvalue weighted by Crippen LogP contribution is 2.37. The van der Waals surface area contributed by atoms with E-state index in [1.165, 1.54) is 7.11 Å². The Hall–Kier alpha value is -1.32. The number of ether oxygens (including phenoxy) is 3. The molecular weight excluding hydrogens is 380 g/mol. The molecule has 0 bridgehead atoms. The summed E-state index contributed by atoms with van der Waals surface area (Å²) in [5.41, 5.74) is 8.35. The van der Waals surface area contributed by atoms with Crippen molar-refractivity contribution in [3.8, 4) is 0 Å². The number of alkyl carbamates (subject to hydrolysis) is 1. The average Bonchev–Trinajstić information content (AvgIpc) is 2.51. The van der Waals surface area contributed by atoms with E-state index in [4.69, 9.17) is 24.2 Å². The zero-order valence-electron chi connectivity index (χ0n) is 18.6. The van der Waals surface area contributed by atoms with Crippen molar-refractivity contribution in [1.29, 1.82) is 0 Å². The summed E-state index contributed by atoms with van der Waals surface area (Å²) < 4.78 is 23.0. The van der Waals surface area contributed by atoms with E-state index in [0.29, 0.717) is 13.0 Å². The zero-order chi connectivity index (χ0) is 21.8. The first-order valence-corrected chi connectivity index (χ1v) is 12.5. The molecule has 1 aliphatic heterocycles. The summed E-state index contributed by atoms with van der Waals surface area (Å²) in [5, 5.41) is 6.68. The van der Waals surface area contributed by atoms with Crippen LogP contribution in [0.4, 0.5) is 4.79 Å². The lowest BCUT2D eigenvalue weighted by Crippen LogP contribution is -2.57. The molecule has 0 aliphatic carbocycles. The second-order valence-corrected chi connectivity index (χ2v) is 14.4. The lowest BCUT2D eigenvalue weighted by Gasteiger charge is -2.42. The summed E-state index contributed by atoms with van der Waals surface area (Å²) in [6, 6.07) is -0.986. The number of hydrogen-bond acceptors (Lipinski definition) is 6. The van der Waals surface area contributed by atoms with Crippen molar-refractivity contribution in [1.82, 2.24) is 5.32 Å². The molecule has 4 atom stereocenters. The lowest BCUT2D eigenvalue weighted by molar-refractivity contribution is -0.205. The highest BCUT2D eigenvalue weighted by molar-refractivity contribution is 6.74. The van der Waals surface area contributed by atoms with Crippen molar-refractivity contribution in [2.75, 3.05) is 13.7 Å². The Morgan fingerprint density at radius 1 is 1.29 bits per heavy atom. The molecule has 1 heterocycles. The van der Waals surface area contributed by atoms with Gasteiger partial charge in [0.15, 0.2) is 14.6 Å². The molecule has 162 valence electrons. The maximum atomic E-state index is 12.1. The van der Waals surface area contributed by atoms with Crippen molar-refractivity contribution < 1.29 is 23.4 Å². The monoisotopic (exact) mass is 416 g/mol. The Labute approximate surface area is 169 Å². The number of methoxy groups -OCH3 is 1. The third-order valence-electron chi connectivity index (χ3n) is 5.11. The molecule has 1 saturated heterocycles. The van der Waals surface area contributed by atoms with Crippen LogP contribution in [0.5, 0.6) is 0 Å². The maximum absolute atomic E-state index is 12.1. The van der Waals surface area contributed by atoms with E-state index in [0.717, 1.165) is 0 Å². The van der Waals surface area contributed by atoms with E-state index in [-0.39, 0.29) is 5.04 Å². The minimum Gasteiger partial charge on any atom is -0.444 e. The molecule has 9 nitrogen and oxygen atoms in total. The minimum absolute atomic E-state index is 0.0527. The molecule has 1 N–H and O–H groups in total. The van der Waals surface area contributed by atoms with E-state index in [1.807, 2.05) is 0 Å². The molecule has 1 rings (SSSR count). The van der Waals surface area contributed by atoms with Gasteiger partial charge in [0.1, 0.15) is 5.60 Å². The van der Waals surface area contributed by atoms with Crippen LogP contribution in [-0.4, -0.2) is 58.2 Å². The van der Waals surface area contributed by atoms with Crippen LogP contribution in [-0.2, 0) is 18.6 Å². The van der Waals surface area contributed by atoms with Crippen LogP contribution in [0.2, 0.25) is 18.1 Å². The molecule has 0 aromatic rings. The largest absolute Gasteiger partial charge is 0.444 e. The molecule has 0 unspecified atom stereocenters. The van der Waals surface area contributed by atoms with Gasteiger partial charge in [0.2, 0.25) is 0 Å². The normalized spacial score (nSPS) is 26.3. The van der Waals surface area contributed by atoms with Crippen LogP contribution in [0, 0.1) is 0 Å². The SMILES string of the molecule is CO[C@H]1O[C@H](CO[Si](C)(C)C(C)(C)C)[C@@H](N=[N+]=[N-])C[C@H]1NC(=O)OC(C)(C)C. The molecule has 0 radical (unpaired) electrons. The first-order valence-electron chi connectivity index (χ1n) is 9.56. The van der Waals surface area contributed by atoms with Gasteiger partial charge in [-0.25, -0.2) is 4.79 Å². The van der Waals surface area contributed by atoms with E-state index < -0.39 is 44.5 Å². The fourth-order valence-electron chi connectivity index (χ4n) is 2.53. The van der Waals surface area contributed by atoms with Crippen molar-refractivity contribution in [3.05, 3.63) is 10.4 Å². The van der Waals surface area contributed by atoms with Crippen molar-refractivity contribution in [3.63, 3.8) is 0 Å². The highest BCUT2D eigenvalue weighted by atomic mass is 28.4. The fourth-order valence-corrected chi connectivity index (χ4v) is 3.55. The van der Waals surface area contributed by atoms with Gasteiger partial charge < -0.3 is 24.0 Å². The molecule has 0 saturated carbocycles. The van der Waals surface area contributed by atoms with E-state index in [1.54, 1.807) is 20.8 Å². The Morgan fingerprint density at radius 3 is 2.36 bits per heavy atom. The summed E-state index contributed by atoms with van der Waals surface area (Å²) >= 11 is 0. The quantitative estimate of drug-likeness (QED) is 0.299. The Kier molecular flexibility index (Phi) is 8.34. The summed E-state index contributed by atoms with van der Waals surface area (Å²) in [4.78, 5) is 15.1. The van der Waals surface area contributed by atoms with Crippen LogP contribution in [0.1, 0.15) is 48.0 Å². The van der Waals surface area contributed by atoms with Gasteiger partial charge in [0.25, 0.3) is 0 Å². The van der Waals surface area contributed by atoms with Gasteiger partial charge in [-0.2, -0.15) is 0 Å². The van der Waals surface area contributed by atoms with Crippen molar-refractivity contribution in [2.24, 2.45) is 5.11 Å². The Morgan fingerprint density at radius 2 is 1.89 bits per heavy atom. The third-order valence-corrected chi connectivity index (χ3v) is 9.61. The number of carbonyl (C=O) groups is 1. The number of nitrogens with one attached hydrogen (secondary N) is 1. The molecule has 10 heteroatoms. The molecule has 28 heavy (non-hydrogen) atoms. The standard InChI is InChI=1S/C18H36N4O5Si/c1-17(2,3)27-16(23)20-13-10-12(21-22-19)14(26-15(13)24-7)11-25-28(8,9)18(4,5)6/h12-15H,10-11H2,1-9H3,(H,20,23)/t12-,13+,14+,15-/m0/s1. The summed E-state index contributed by atoms with van der Waals surface area (Å²) in [6.07, 6.45) is -1.34. The number of hydrogen-bond donors (Lipinski definition) is 1. The molecule has 1 amide bonds. The van der Waals surface area contributed by atoms with Gasteiger partial charge in [-0.15, -0.1) is 0 Å². The first-order chi connectivity index (χ1) is 12.7. The van der Waals surface area contributed by atoms with Gasteiger partial charge in [-0.05, 0) is 50.9 Å². The molecule has 0 aromatic heterocycles. The summed E-state index contributed by atoms with van der Waals surface area (Å²) in [5.74, 6) is 0. The Bertz CT molecular complexity index is 582. The molecular formula is C18H36N4O5Si. The van der Waals surface area contributed by atoms with Gasteiger partial charge in [-0.1, -0.05) is 25.9 Å². The molecule has 1 fully saturated rings. The number of carbonyl (C=O) groups excluding carboxylic acids is 1. The predicted octanol–water partition coefficient (Wildman–Crippen LogP) is 4.34. The number of amides is 1. The summed E-state index contributed by atoms with van der Waals surface area (Å²) in [6.45, 7) is 16.4. The number of nitrogens with zero attached hydrogens (tertiary/aromatic N) is 3. The van der Waals surface area contributed by atoms with E-state index in [9.17, 15) is 4.79 Å². The van der Waals surface area contributed by atoms with Crippen molar-refractivity contribution in [2.45, 2.75) is 96.2 Å². The van der Waals surface area contributed by atoms with Crippen LogP contribution in [0.15, 0.2) is 5.11 Å². The highest BCUT2D eigenvalue weighted by Gasteiger charge is 2.42. The van der Waals surface area contributed by atoms with Crippen LogP contribution < -0.4 is 5.32 Å². The van der Waals surface area contributed by atoms with Crippen LogP contribution in [0.25, 0.3) is 10.4 Å². The molecule has 0 aromatic carbocycles. The first kappa shape index (κ1) is 24.7. The van der Waals surface area contributed by atoms with Gasteiger partial charge in [0.05, 0.1) is 24.8 Å². The average molecular weight is 417 g/mol.